The predicted molar refractivity (Wildman–Crippen MR) is 124 cm³/mol. The van der Waals surface area contributed by atoms with Crippen molar-refractivity contribution in [1.82, 2.24) is 10.2 Å². The normalized spacial score (nSPS) is 13.7. The maximum absolute atomic E-state index is 12.5. The highest BCUT2D eigenvalue weighted by atomic mass is 16.6. The molecule has 0 saturated heterocycles. The number of alkyl carbamates (subject to hydrolysis) is 1. The lowest BCUT2D eigenvalue weighted by Crippen LogP contribution is -2.41. The molecule has 0 aromatic heterocycles. The van der Waals surface area contributed by atoms with E-state index in [4.69, 9.17) is 14.2 Å². The maximum atomic E-state index is 12.5. The molecule has 2 aromatic rings. The van der Waals surface area contributed by atoms with Gasteiger partial charge >= 0.3 is 6.09 Å². The number of ether oxygens (including phenoxy) is 3. The fraction of sp³-hybridized carbons (Fsp3) is 0.333. The number of ketones is 1. The van der Waals surface area contributed by atoms with Crippen LogP contribution in [0.2, 0.25) is 0 Å². The first-order chi connectivity index (χ1) is 16.2. The summed E-state index contributed by atoms with van der Waals surface area (Å²) in [6.45, 7) is 0.205. The number of nitro benzene ring substituents is 1. The number of carbonyl (C=O) groups is 2. The topological polar surface area (TPSA) is 120 Å². The molecule has 10 heteroatoms. The second-order valence-electron chi connectivity index (χ2n) is 8.18. The second kappa shape index (κ2) is 10.7. The van der Waals surface area contributed by atoms with Crippen LogP contribution in [0.25, 0.3) is 0 Å². The first-order valence-electron chi connectivity index (χ1n) is 10.6. The molecule has 1 saturated carbocycles. The highest BCUT2D eigenvalue weighted by Crippen LogP contribution is 2.39. The van der Waals surface area contributed by atoms with E-state index in [0.717, 1.165) is 5.56 Å². The van der Waals surface area contributed by atoms with Gasteiger partial charge in [0.1, 0.15) is 18.8 Å². The zero-order chi connectivity index (χ0) is 24.7. The fourth-order valence-electron chi connectivity index (χ4n) is 3.12. The molecule has 0 spiro atoms. The van der Waals surface area contributed by atoms with Crippen molar-refractivity contribution in [2.45, 2.75) is 25.0 Å². The summed E-state index contributed by atoms with van der Waals surface area (Å²) in [4.78, 5) is 37.3. The van der Waals surface area contributed by atoms with Crippen molar-refractivity contribution in [3.8, 4) is 11.5 Å². The third kappa shape index (κ3) is 6.47. The SMILES string of the molecule is COc1cc(C(=O)C=CN(C)C)c([N+](=O)[O-])cc1OCC1(NC(=O)OCc2ccccc2)CC1. The Morgan fingerprint density at radius 3 is 2.47 bits per heavy atom. The van der Waals surface area contributed by atoms with Crippen molar-refractivity contribution < 1.29 is 28.7 Å². The number of hydrogen-bond acceptors (Lipinski definition) is 8. The van der Waals surface area contributed by atoms with Crippen LogP contribution in [0.1, 0.15) is 28.8 Å². The number of rotatable bonds is 11. The summed E-state index contributed by atoms with van der Waals surface area (Å²) in [5.74, 6) is -0.255. The summed E-state index contributed by atoms with van der Waals surface area (Å²) in [5.41, 5.74) is -0.276. The summed E-state index contributed by atoms with van der Waals surface area (Å²) in [7, 11) is 4.84. The van der Waals surface area contributed by atoms with E-state index in [9.17, 15) is 19.7 Å². The molecule has 180 valence electrons. The van der Waals surface area contributed by atoms with Gasteiger partial charge in [0, 0.05) is 32.4 Å². The van der Waals surface area contributed by atoms with Gasteiger partial charge in [-0.15, -0.1) is 0 Å². The lowest BCUT2D eigenvalue weighted by molar-refractivity contribution is -0.385. The maximum Gasteiger partial charge on any atom is 0.408 e. The van der Waals surface area contributed by atoms with Crippen LogP contribution < -0.4 is 14.8 Å². The minimum atomic E-state index is -0.644. The number of hydrogen-bond donors (Lipinski definition) is 1. The number of benzene rings is 2. The van der Waals surface area contributed by atoms with Crippen LogP contribution in [-0.2, 0) is 11.3 Å². The Kier molecular flexibility index (Phi) is 7.72. The third-order valence-corrected chi connectivity index (χ3v) is 5.21. The molecule has 0 bridgehead atoms. The summed E-state index contributed by atoms with van der Waals surface area (Å²) >= 11 is 0. The van der Waals surface area contributed by atoms with Crippen LogP contribution in [-0.4, -0.2) is 55.1 Å². The Hall–Kier alpha value is -4.08. The molecule has 0 unspecified atom stereocenters. The van der Waals surface area contributed by atoms with Gasteiger partial charge in [0.2, 0.25) is 0 Å². The second-order valence-corrected chi connectivity index (χ2v) is 8.18. The number of allylic oxidation sites excluding steroid dienone is 1. The molecule has 0 radical (unpaired) electrons. The molecule has 1 N–H and O–H groups in total. The third-order valence-electron chi connectivity index (χ3n) is 5.21. The van der Waals surface area contributed by atoms with Gasteiger partial charge in [0.05, 0.1) is 23.6 Å². The van der Waals surface area contributed by atoms with E-state index in [2.05, 4.69) is 5.32 Å². The van der Waals surface area contributed by atoms with Crippen molar-refractivity contribution in [2.75, 3.05) is 27.8 Å². The van der Waals surface area contributed by atoms with Crippen molar-refractivity contribution in [3.05, 3.63) is 76.0 Å². The quantitative estimate of drug-likeness (QED) is 0.229. The lowest BCUT2D eigenvalue weighted by atomic mass is 10.1. The van der Waals surface area contributed by atoms with Crippen LogP contribution in [0.5, 0.6) is 11.5 Å². The Labute approximate surface area is 197 Å². The van der Waals surface area contributed by atoms with Crippen molar-refractivity contribution in [3.63, 3.8) is 0 Å². The predicted octanol–water partition coefficient (Wildman–Crippen LogP) is 3.70. The average molecular weight is 469 g/mol. The Balaban J connectivity index is 1.68. The minimum absolute atomic E-state index is 0.0643. The van der Waals surface area contributed by atoms with E-state index in [1.165, 1.54) is 31.5 Å². The average Bonchev–Trinajstić information content (AvgIpc) is 3.59. The van der Waals surface area contributed by atoms with E-state index >= 15 is 0 Å². The number of nitrogens with one attached hydrogen (secondary N) is 1. The summed E-state index contributed by atoms with van der Waals surface area (Å²) in [5, 5.41) is 14.4. The molecular weight excluding hydrogens is 442 g/mol. The molecule has 10 nitrogen and oxygen atoms in total. The Morgan fingerprint density at radius 1 is 1.18 bits per heavy atom. The number of nitro groups is 1. The monoisotopic (exact) mass is 469 g/mol. The molecule has 1 aliphatic carbocycles. The van der Waals surface area contributed by atoms with Crippen LogP contribution in [0.15, 0.2) is 54.7 Å². The zero-order valence-corrected chi connectivity index (χ0v) is 19.3. The number of carbonyl (C=O) groups excluding carboxylic acids is 2. The molecule has 1 fully saturated rings. The van der Waals surface area contributed by atoms with E-state index in [1.54, 1.807) is 19.0 Å². The molecule has 1 aliphatic rings. The van der Waals surface area contributed by atoms with Crippen molar-refractivity contribution >= 4 is 17.6 Å². The Bertz CT molecular complexity index is 1080. The van der Waals surface area contributed by atoms with Gasteiger partial charge in [-0.05, 0) is 18.4 Å². The number of nitrogens with zero attached hydrogens (tertiary/aromatic N) is 2. The summed E-state index contributed by atoms with van der Waals surface area (Å²) in [6.07, 6.45) is 3.51. The van der Waals surface area contributed by atoms with E-state index in [-0.39, 0.29) is 30.3 Å². The molecular formula is C24H27N3O7. The Morgan fingerprint density at radius 2 is 1.88 bits per heavy atom. The first-order valence-corrected chi connectivity index (χ1v) is 10.6. The standard InChI is InChI=1S/C24H27N3O7/c1-26(2)12-9-20(28)18-13-21(32-3)22(14-19(18)27(30)31)34-16-24(10-11-24)25-23(29)33-15-17-7-5-4-6-8-17/h4-9,12-14H,10-11,15-16H2,1-3H3,(H,25,29). The van der Waals surface area contributed by atoms with E-state index < -0.39 is 28.0 Å². The fourth-order valence-corrected chi connectivity index (χ4v) is 3.12. The highest BCUT2D eigenvalue weighted by molar-refractivity contribution is 6.07. The van der Waals surface area contributed by atoms with Crippen molar-refractivity contribution in [2.24, 2.45) is 0 Å². The smallest absolute Gasteiger partial charge is 0.408 e. The van der Waals surface area contributed by atoms with Crippen molar-refractivity contribution in [1.29, 1.82) is 0 Å². The highest BCUT2D eigenvalue weighted by Gasteiger charge is 2.46. The van der Waals surface area contributed by atoms with E-state index in [1.807, 2.05) is 30.3 Å². The van der Waals surface area contributed by atoms with Crippen LogP contribution in [0.3, 0.4) is 0 Å². The molecule has 0 heterocycles. The molecule has 0 atom stereocenters. The van der Waals surface area contributed by atoms with Gasteiger partial charge < -0.3 is 24.4 Å². The summed E-state index contributed by atoms with van der Waals surface area (Å²) in [6, 6.07) is 11.8. The largest absolute Gasteiger partial charge is 0.493 e. The first kappa shape index (κ1) is 24.6. The summed E-state index contributed by atoms with van der Waals surface area (Å²) < 4.78 is 16.4. The molecule has 34 heavy (non-hydrogen) atoms. The van der Waals surface area contributed by atoms with Gasteiger partial charge in [-0.3, -0.25) is 14.9 Å². The van der Waals surface area contributed by atoms with E-state index in [0.29, 0.717) is 12.8 Å². The minimum Gasteiger partial charge on any atom is -0.493 e. The van der Waals surface area contributed by atoms with Crippen LogP contribution in [0, 0.1) is 10.1 Å². The number of amides is 1. The molecule has 1 amide bonds. The molecule has 0 aliphatic heterocycles. The molecule has 3 rings (SSSR count). The van der Waals surface area contributed by atoms with Crippen LogP contribution in [0.4, 0.5) is 10.5 Å². The van der Waals surface area contributed by atoms with Gasteiger partial charge in [0.25, 0.3) is 5.69 Å². The van der Waals surface area contributed by atoms with Gasteiger partial charge in [-0.2, -0.15) is 0 Å². The zero-order valence-electron chi connectivity index (χ0n) is 19.3. The number of methoxy groups -OCH3 is 1. The lowest BCUT2D eigenvalue weighted by Gasteiger charge is -2.19. The van der Waals surface area contributed by atoms with Crippen LogP contribution >= 0.6 is 0 Å². The van der Waals surface area contributed by atoms with Gasteiger partial charge in [0.15, 0.2) is 17.3 Å². The van der Waals surface area contributed by atoms with Gasteiger partial charge in [-0.25, -0.2) is 4.79 Å². The van der Waals surface area contributed by atoms with Gasteiger partial charge in [-0.1, -0.05) is 30.3 Å². The molecule has 2 aromatic carbocycles.